The fraction of sp³-hybridized carbons (Fsp3) is 0.375. The van der Waals surface area contributed by atoms with Crippen molar-refractivity contribution in [2.45, 2.75) is 20.3 Å². The van der Waals surface area contributed by atoms with Crippen molar-refractivity contribution in [3.63, 3.8) is 0 Å². The summed E-state index contributed by atoms with van der Waals surface area (Å²) in [5.41, 5.74) is 2.02. The van der Waals surface area contributed by atoms with E-state index in [0.717, 1.165) is 27.0 Å². The summed E-state index contributed by atoms with van der Waals surface area (Å²) < 4.78 is 11.8. The Balaban J connectivity index is 2.30. The molecule has 0 N–H and O–H groups in total. The van der Waals surface area contributed by atoms with Crippen molar-refractivity contribution >= 4 is 44.8 Å². The first-order valence-electron chi connectivity index (χ1n) is 6.98. The molecule has 1 aromatic heterocycles. The number of benzene rings is 1. The van der Waals surface area contributed by atoms with E-state index in [-0.39, 0.29) is 5.97 Å². The van der Waals surface area contributed by atoms with Crippen LogP contribution in [0.15, 0.2) is 17.5 Å². The minimum Gasteiger partial charge on any atom is -0.466 e. The van der Waals surface area contributed by atoms with Crippen LogP contribution in [0.3, 0.4) is 0 Å². The zero-order chi connectivity index (χ0) is 16.3. The number of thiocarbonyl (C=S) groups is 1. The second-order valence-corrected chi connectivity index (χ2v) is 6.30. The molecule has 6 heteroatoms. The third-order valence-corrected chi connectivity index (χ3v) is 4.84. The van der Waals surface area contributed by atoms with Crippen LogP contribution in [-0.2, 0) is 16.0 Å². The second-order valence-electron chi connectivity index (χ2n) is 5.07. The van der Waals surface area contributed by atoms with Crippen molar-refractivity contribution in [1.29, 1.82) is 0 Å². The first kappa shape index (κ1) is 16.7. The van der Waals surface area contributed by atoms with Gasteiger partial charge in [0.1, 0.15) is 5.75 Å². The Morgan fingerprint density at radius 1 is 1.36 bits per heavy atom. The van der Waals surface area contributed by atoms with Gasteiger partial charge >= 0.3 is 5.97 Å². The Hall–Kier alpha value is -1.66. The van der Waals surface area contributed by atoms with Gasteiger partial charge in [0.15, 0.2) is 0 Å². The van der Waals surface area contributed by atoms with Gasteiger partial charge in [0.2, 0.25) is 0 Å². The van der Waals surface area contributed by atoms with Crippen LogP contribution in [-0.4, -0.2) is 36.7 Å². The van der Waals surface area contributed by atoms with Crippen molar-refractivity contribution in [2.24, 2.45) is 0 Å². The van der Waals surface area contributed by atoms with E-state index < -0.39 is 0 Å². The van der Waals surface area contributed by atoms with E-state index in [9.17, 15) is 4.79 Å². The molecule has 22 heavy (non-hydrogen) atoms. The van der Waals surface area contributed by atoms with Crippen LogP contribution >= 0.6 is 23.6 Å². The molecular weight excluding hydrogens is 318 g/mol. The van der Waals surface area contributed by atoms with Crippen molar-refractivity contribution in [3.05, 3.63) is 28.6 Å². The summed E-state index contributed by atoms with van der Waals surface area (Å²) in [7, 11) is 3.69. The molecule has 1 aromatic carbocycles. The molecule has 118 valence electrons. The number of aryl methyl sites for hydroxylation is 1. The molecule has 0 spiro atoms. The van der Waals surface area contributed by atoms with E-state index in [4.69, 9.17) is 21.7 Å². The Bertz CT molecular complexity index is 707. The smallest absolute Gasteiger partial charge is 0.310 e. The third-order valence-electron chi connectivity index (χ3n) is 3.22. The lowest BCUT2D eigenvalue weighted by atomic mass is 10.1. The van der Waals surface area contributed by atoms with Gasteiger partial charge in [-0.3, -0.25) is 4.79 Å². The summed E-state index contributed by atoms with van der Waals surface area (Å²) in [6.07, 6.45) is 0.295. The molecule has 2 rings (SSSR count). The summed E-state index contributed by atoms with van der Waals surface area (Å²) in [6.45, 7) is 4.21. The molecule has 1 heterocycles. The molecule has 0 atom stereocenters. The molecule has 0 aliphatic rings. The van der Waals surface area contributed by atoms with E-state index in [1.165, 1.54) is 0 Å². The van der Waals surface area contributed by atoms with Crippen molar-refractivity contribution in [1.82, 2.24) is 4.90 Å². The Morgan fingerprint density at radius 3 is 2.73 bits per heavy atom. The average molecular weight is 337 g/mol. The van der Waals surface area contributed by atoms with E-state index in [1.54, 1.807) is 16.2 Å². The van der Waals surface area contributed by atoms with E-state index in [1.807, 2.05) is 45.5 Å². The number of thiophene rings is 1. The van der Waals surface area contributed by atoms with Crippen LogP contribution in [0.25, 0.3) is 10.1 Å². The number of ether oxygens (including phenoxy) is 2. The minimum absolute atomic E-state index is 0.200. The van der Waals surface area contributed by atoms with Crippen LogP contribution < -0.4 is 4.74 Å². The number of fused-ring (bicyclic) bond motifs is 1. The molecule has 2 aromatic rings. The lowest BCUT2D eigenvalue weighted by Crippen LogP contribution is -2.25. The van der Waals surface area contributed by atoms with Gasteiger partial charge < -0.3 is 14.4 Å². The molecular formula is C16H19NO3S2. The zero-order valence-electron chi connectivity index (χ0n) is 13.1. The lowest BCUT2D eigenvalue weighted by Gasteiger charge is -2.15. The Morgan fingerprint density at radius 2 is 2.09 bits per heavy atom. The first-order valence-corrected chi connectivity index (χ1v) is 8.27. The SMILES string of the molecule is CCOC(=O)Cc1csc2c(C)c(OC(=S)N(C)C)ccc12. The van der Waals surface area contributed by atoms with Crippen molar-refractivity contribution < 1.29 is 14.3 Å². The summed E-state index contributed by atoms with van der Waals surface area (Å²) in [6, 6.07) is 3.87. The van der Waals surface area contributed by atoms with Gasteiger partial charge in [0.05, 0.1) is 13.0 Å². The van der Waals surface area contributed by atoms with Crippen molar-refractivity contribution in [2.75, 3.05) is 20.7 Å². The second kappa shape index (κ2) is 7.07. The fourth-order valence-electron chi connectivity index (χ4n) is 2.07. The molecule has 0 unspecified atom stereocenters. The quantitative estimate of drug-likeness (QED) is 0.630. The number of hydrogen-bond donors (Lipinski definition) is 0. The molecule has 0 saturated carbocycles. The summed E-state index contributed by atoms with van der Waals surface area (Å²) >= 11 is 6.79. The monoisotopic (exact) mass is 337 g/mol. The predicted molar refractivity (Wildman–Crippen MR) is 93.8 cm³/mol. The van der Waals surface area contributed by atoms with Crippen LogP contribution in [0.4, 0.5) is 0 Å². The first-order chi connectivity index (χ1) is 10.4. The van der Waals surface area contributed by atoms with Gasteiger partial charge in [-0.25, -0.2) is 0 Å². The maximum Gasteiger partial charge on any atom is 0.310 e. The molecule has 0 amide bonds. The molecule has 0 bridgehead atoms. The van der Waals surface area contributed by atoms with Crippen LogP contribution in [0.1, 0.15) is 18.1 Å². The highest BCUT2D eigenvalue weighted by molar-refractivity contribution is 7.80. The summed E-state index contributed by atoms with van der Waals surface area (Å²) in [5.74, 6) is 0.546. The Kier molecular flexibility index (Phi) is 5.37. The molecule has 0 radical (unpaired) electrons. The largest absolute Gasteiger partial charge is 0.466 e. The fourth-order valence-corrected chi connectivity index (χ4v) is 3.24. The number of carbonyl (C=O) groups excluding carboxylic acids is 1. The predicted octanol–water partition coefficient (Wildman–Crippen LogP) is 3.54. The minimum atomic E-state index is -0.200. The summed E-state index contributed by atoms with van der Waals surface area (Å²) in [4.78, 5) is 13.4. The van der Waals surface area contributed by atoms with Gasteiger partial charge in [-0.1, -0.05) is 0 Å². The van der Waals surface area contributed by atoms with Gasteiger partial charge in [-0.05, 0) is 54.5 Å². The average Bonchev–Trinajstić information content (AvgIpc) is 2.85. The maximum absolute atomic E-state index is 11.7. The van der Waals surface area contributed by atoms with Gasteiger partial charge in [0.25, 0.3) is 5.17 Å². The number of hydrogen-bond acceptors (Lipinski definition) is 5. The number of nitrogens with zero attached hydrogens (tertiary/aromatic N) is 1. The number of rotatable bonds is 4. The third kappa shape index (κ3) is 3.56. The van der Waals surface area contributed by atoms with E-state index in [2.05, 4.69) is 0 Å². The molecule has 0 saturated heterocycles. The molecule has 0 aliphatic carbocycles. The Labute approximate surface area is 139 Å². The standard InChI is InChI=1S/C16H19NO3S2/c1-5-19-14(18)8-11-9-22-15-10(2)13(7-6-12(11)15)20-16(21)17(3)4/h6-7,9H,5,8H2,1-4H3. The maximum atomic E-state index is 11.7. The highest BCUT2D eigenvalue weighted by Gasteiger charge is 2.14. The molecule has 4 nitrogen and oxygen atoms in total. The van der Waals surface area contributed by atoms with Crippen LogP contribution in [0.2, 0.25) is 0 Å². The van der Waals surface area contributed by atoms with E-state index >= 15 is 0 Å². The number of carbonyl (C=O) groups is 1. The molecule has 0 fully saturated rings. The van der Waals surface area contributed by atoms with Gasteiger partial charge in [0, 0.05) is 24.4 Å². The lowest BCUT2D eigenvalue weighted by molar-refractivity contribution is -0.142. The number of esters is 1. The van der Waals surface area contributed by atoms with Crippen LogP contribution in [0.5, 0.6) is 5.75 Å². The summed E-state index contributed by atoms with van der Waals surface area (Å²) in [5, 5.41) is 3.49. The molecule has 0 aliphatic heterocycles. The van der Waals surface area contributed by atoms with Crippen LogP contribution in [0, 0.1) is 6.92 Å². The topological polar surface area (TPSA) is 38.8 Å². The normalized spacial score (nSPS) is 10.5. The highest BCUT2D eigenvalue weighted by atomic mass is 32.1. The van der Waals surface area contributed by atoms with Crippen molar-refractivity contribution in [3.8, 4) is 5.75 Å². The zero-order valence-corrected chi connectivity index (χ0v) is 14.8. The van der Waals surface area contributed by atoms with Gasteiger partial charge in [-0.2, -0.15) is 0 Å². The van der Waals surface area contributed by atoms with Gasteiger partial charge in [-0.15, -0.1) is 11.3 Å². The van der Waals surface area contributed by atoms with E-state index in [0.29, 0.717) is 18.2 Å². The highest BCUT2D eigenvalue weighted by Crippen LogP contribution is 2.34.